The van der Waals surface area contributed by atoms with Gasteiger partial charge in [0.1, 0.15) is 23.9 Å². The van der Waals surface area contributed by atoms with Gasteiger partial charge in [-0.05, 0) is 31.2 Å². The van der Waals surface area contributed by atoms with Crippen LogP contribution >= 0.6 is 0 Å². The lowest BCUT2D eigenvalue weighted by Gasteiger charge is -2.45. The minimum Gasteiger partial charge on any atom is -0.493 e. The molecule has 1 aliphatic carbocycles. The van der Waals surface area contributed by atoms with Gasteiger partial charge in [0.15, 0.2) is 11.5 Å². The van der Waals surface area contributed by atoms with E-state index in [1.807, 2.05) is 6.07 Å². The fourth-order valence-corrected chi connectivity index (χ4v) is 5.41. The van der Waals surface area contributed by atoms with Crippen molar-refractivity contribution in [3.8, 4) is 11.5 Å². The summed E-state index contributed by atoms with van der Waals surface area (Å²) in [5, 5.41) is 0. The van der Waals surface area contributed by atoms with E-state index in [9.17, 15) is 4.79 Å². The lowest BCUT2D eigenvalue weighted by molar-refractivity contribution is -0.0778. The van der Waals surface area contributed by atoms with Crippen molar-refractivity contribution >= 4 is 5.97 Å². The first kappa shape index (κ1) is 16.4. The topological polar surface area (TPSA) is 69.8 Å². The summed E-state index contributed by atoms with van der Waals surface area (Å²) in [6.45, 7) is 0.956. The largest absolute Gasteiger partial charge is 0.493 e. The third-order valence-electron chi connectivity index (χ3n) is 6.57. The summed E-state index contributed by atoms with van der Waals surface area (Å²) in [6.07, 6.45) is 0.328. The molecule has 3 fully saturated rings. The van der Waals surface area contributed by atoms with Crippen molar-refractivity contribution in [3.05, 3.63) is 23.3 Å². The first-order valence-electron chi connectivity index (χ1n) is 8.93. The SMILES string of the molecule is COc1cc2c(cc1OC)[C@@H]1[C@H](OC2=O)[C@H](OC)[C@@H]2O[C@@]23CCN(C)[C@@H]13. The van der Waals surface area contributed by atoms with Crippen molar-refractivity contribution in [1.29, 1.82) is 0 Å². The van der Waals surface area contributed by atoms with E-state index in [2.05, 4.69) is 11.9 Å². The molecule has 3 heterocycles. The standard InChI is InChI=1S/C19H23NO6/c1-20-6-5-19-16(20)13-9-7-11(22-2)12(23-3)8-10(9)18(21)25-14(13)15(24-4)17(19)26-19/h7-8,13-17H,5-6H2,1-4H3/t13-,14+,15+,16+,17+,19-/m1/s1. The van der Waals surface area contributed by atoms with E-state index in [1.165, 1.54) is 0 Å². The van der Waals surface area contributed by atoms with Gasteiger partial charge in [0.25, 0.3) is 0 Å². The van der Waals surface area contributed by atoms with E-state index < -0.39 is 0 Å². The second-order valence-electron chi connectivity index (χ2n) is 7.56. The van der Waals surface area contributed by atoms with Gasteiger partial charge in [0.05, 0.1) is 25.8 Å². The molecule has 4 aliphatic rings. The number of hydrogen-bond donors (Lipinski definition) is 0. The molecule has 0 aromatic heterocycles. The van der Waals surface area contributed by atoms with Crippen LogP contribution in [0.5, 0.6) is 11.5 Å². The van der Waals surface area contributed by atoms with Crippen molar-refractivity contribution in [2.75, 3.05) is 34.9 Å². The van der Waals surface area contributed by atoms with Gasteiger partial charge in [-0.15, -0.1) is 0 Å². The molecule has 2 saturated heterocycles. The summed E-state index contributed by atoms with van der Waals surface area (Å²) in [7, 11) is 6.93. The van der Waals surface area contributed by atoms with E-state index in [1.54, 1.807) is 27.4 Å². The first-order chi connectivity index (χ1) is 12.6. The fourth-order valence-electron chi connectivity index (χ4n) is 5.41. The maximum atomic E-state index is 12.7. The molecule has 0 amide bonds. The average molecular weight is 361 g/mol. The van der Waals surface area contributed by atoms with E-state index >= 15 is 0 Å². The van der Waals surface area contributed by atoms with E-state index in [4.69, 9.17) is 23.7 Å². The molecule has 1 aromatic rings. The summed E-state index contributed by atoms with van der Waals surface area (Å²) in [6, 6.07) is 3.78. The van der Waals surface area contributed by atoms with Gasteiger partial charge < -0.3 is 23.7 Å². The maximum Gasteiger partial charge on any atom is 0.338 e. The normalized spacial score (nSPS) is 40.0. The molecule has 0 radical (unpaired) electrons. The van der Waals surface area contributed by atoms with Crippen molar-refractivity contribution in [2.45, 2.75) is 42.3 Å². The van der Waals surface area contributed by atoms with Gasteiger partial charge in [-0.2, -0.15) is 0 Å². The Bertz CT molecular complexity index is 782. The number of ether oxygens (including phenoxy) is 5. The second-order valence-corrected chi connectivity index (χ2v) is 7.56. The van der Waals surface area contributed by atoms with Crippen molar-refractivity contribution in [1.82, 2.24) is 4.90 Å². The highest BCUT2D eigenvalue weighted by atomic mass is 16.7. The number of likely N-dealkylation sites (N-methyl/N-ethyl adjacent to an activating group) is 1. The van der Waals surface area contributed by atoms with Gasteiger partial charge in [-0.3, -0.25) is 4.90 Å². The number of nitrogens with zero attached hydrogens (tertiary/aromatic N) is 1. The number of rotatable bonds is 3. The zero-order chi connectivity index (χ0) is 18.2. The number of carbonyl (C=O) groups is 1. The number of carbonyl (C=O) groups excluding carboxylic acids is 1. The third kappa shape index (κ3) is 1.86. The Labute approximate surface area is 152 Å². The van der Waals surface area contributed by atoms with Crippen molar-refractivity contribution in [2.24, 2.45) is 0 Å². The number of hydrogen-bond acceptors (Lipinski definition) is 7. The van der Waals surface area contributed by atoms with Crippen molar-refractivity contribution in [3.63, 3.8) is 0 Å². The average Bonchev–Trinajstić information content (AvgIpc) is 3.29. The fraction of sp³-hybridized carbons (Fsp3) is 0.632. The Balaban J connectivity index is 1.69. The minimum atomic E-state index is -0.371. The summed E-state index contributed by atoms with van der Waals surface area (Å²) in [4.78, 5) is 15.1. The highest BCUT2D eigenvalue weighted by Crippen LogP contribution is 2.61. The molecular weight excluding hydrogens is 338 g/mol. The van der Waals surface area contributed by atoms with Gasteiger partial charge >= 0.3 is 5.97 Å². The lowest BCUT2D eigenvalue weighted by atomic mass is 9.69. The molecule has 7 heteroatoms. The molecule has 0 bridgehead atoms. The van der Waals surface area contributed by atoms with Crippen LogP contribution in [0.2, 0.25) is 0 Å². The number of fused-ring (bicyclic) bond motifs is 4. The monoisotopic (exact) mass is 361 g/mol. The maximum absolute atomic E-state index is 12.7. The molecular formula is C19H23NO6. The number of esters is 1. The van der Waals surface area contributed by atoms with Crippen LogP contribution in [0.1, 0.15) is 28.3 Å². The van der Waals surface area contributed by atoms with Crippen LogP contribution in [-0.4, -0.2) is 75.7 Å². The molecule has 1 spiro atoms. The molecule has 7 nitrogen and oxygen atoms in total. The molecule has 1 aromatic carbocycles. The summed E-state index contributed by atoms with van der Waals surface area (Å²) >= 11 is 0. The zero-order valence-corrected chi connectivity index (χ0v) is 15.4. The molecule has 1 saturated carbocycles. The Morgan fingerprint density at radius 1 is 1.19 bits per heavy atom. The number of epoxide rings is 1. The predicted octanol–water partition coefficient (Wildman–Crippen LogP) is 1.20. The van der Waals surface area contributed by atoms with Gasteiger partial charge in [-0.25, -0.2) is 4.79 Å². The third-order valence-corrected chi connectivity index (χ3v) is 6.57. The molecule has 0 unspecified atom stereocenters. The van der Waals surface area contributed by atoms with Gasteiger partial charge in [0.2, 0.25) is 0 Å². The molecule has 6 atom stereocenters. The Morgan fingerprint density at radius 3 is 2.62 bits per heavy atom. The molecule has 3 aliphatic heterocycles. The quantitative estimate of drug-likeness (QED) is 0.592. The van der Waals surface area contributed by atoms with E-state index in [0.717, 1.165) is 18.5 Å². The van der Waals surface area contributed by atoms with Crippen LogP contribution in [0.3, 0.4) is 0 Å². The van der Waals surface area contributed by atoms with Crippen LogP contribution < -0.4 is 9.47 Å². The zero-order valence-electron chi connectivity index (χ0n) is 15.4. The van der Waals surface area contributed by atoms with Crippen LogP contribution in [-0.2, 0) is 14.2 Å². The molecule has 0 N–H and O–H groups in total. The molecule has 26 heavy (non-hydrogen) atoms. The Morgan fingerprint density at radius 2 is 1.92 bits per heavy atom. The summed E-state index contributed by atoms with van der Waals surface area (Å²) in [5.41, 5.74) is 1.26. The van der Waals surface area contributed by atoms with Gasteiger partial charge in [-0.1, -0.05) is 0 Å². The van der Waals surface area contributed by atoms with Crippen LogP contribution in [0.4, 0.5) is 0 Å². The van der Waals surface area contributed by atoms with Crippen LogP contribution in [0.15, 0.2) is 12.1 Å². The Hall–Kier alpha value is -1.83. The van der Waals surface area contributed by atoms with Crippen LogP contribution in [0.25, 0.3) is 0 Å². The first-order valence-corrected chi connectivity index (χ1v) is 8.93. The Kier molecular flexibility index (Phi) is 3.36. The second kappa shape index (κ2) is 5.34. The highest BCUT2D eigenvalue weighted by Gasteiger charge is 2.76. The van der Waals surface area contributed by atoms with E-state index in [0.29, 0.717) is 17.1 Å². The number of benzene rings is 1. The van der Waals surface area contributed by atoms with E-state index in [-0.39, 0.29) is 41.8 Å². The minimum absolute atomic E-state index is 0.0156. The van der Waals surface area contributed by atoms with Gasteiger partial charge in [0, 0.05) is 19.6 Å². The predicted molar refractivity (Wildman–Crippen MR) is 90.9 cm³/mol. The smallest absolute Gasteiger partial charge is 0.338 e. The highest BCUT2D eigenvalue weighted by molar-refractivity contribution is 5.94. The molecule has 5 rings (SSSR count). The van der Waals surface area contributed by atoms with Crippen molar-refractivity contribution < 1.29 is 28.5 Å². The number of likely N-dealkylation sites (tertiary alicyclic amines) is 1. The summed E-state index contributed by atoms with van der Waals surface area (Å²) < 4.78 is 28.7. The number of methoxy groups -OCH3 is 3. The molecule has 140 valence electrons. The summed E-state index contributed by atoms with van der Waals surface area (Å²) in [5.74, 6) is 0.759. The van der Waals surface area contributed by atoms with Crippen LogP contribution in [0, 0.1) is 0 Å². The lowest BCUT2D eigenvalue weighted by Crippen LogP contribution is -2.59.